The molecule has 3 heterocycles. The van der Waals surface area contributed by atoms with Crippen molar-refractivity contribution in [1.29, 1.82) is 0 Å². The van der Waals surface area contributed by atoms with E-state index < -0.39 is 28.7 Å². The molecule has 0 unspecified atom stereocenters. The van der Waals surface area contributed by atoms with Gasteiger partial charge in [-0.15, -0.1) is 0 Å². The molecule has 11 heteroatoms. The van der Waals surface area contributed by atoms with Crippen LogP contribution >= 0.6 is 0 Å². The molecule has 0 atom stereocenters. The number of rotatable bonds is 8. The monoisotopic (exact) mass is 474 g/mol. The third-order valence-corrected chi connectivity index (χ3v) is 5.49. The zero-order chi connectivity index (χ0) is 24.4. The first-order valence-electron chi connectivity index (χ1n) is 10.7. The van der Waals surface area contributed by atoms with Crippen LogP contribution in [-0.4, -0.2) is 52.2 Å². The van der Waals surface area contributed by atoms with Crippen molar-refractivity contribution in [2.45, 2.75) is 26.8 Å². The number of pyridine rings is 1. The van der Waals surface area contributed by atoms with Crippen molar-refractivity contribution in [2.24, 2.45) is 0 Å². The highest BCUT2D eigenvalue weighted by molar-refractivity contribution is 5.96. The van der Waals surface area contributed by atoms with Crippen LogP contribution in [0.25, 0.3) is 0 Å². The zero-order valence-corrected chi connectivity index (χ0v) is 18.8. The lowest BCUT2D eigenvalue weighted by Crippen LogP contribution is -2.54. The fourth-order valence-electron chi connectivity index (χ4n) is 3.83. The lowest BCUT2D eigenvalue weighted by Gasteiger charge is -2.39. The van der Waals surface area contributed by atoms with Gasteiger partial charge in [0.15, 0.2) is 11.4 Å². The Morgan fingerprint density at radius 3 is 2.68 bits per heavy atom. The van der Waals surface area contributed by atoms with Crippen LogP contribution in [0.2, 0.25) is 0 Å². The maximum absolute atomic E-state index is 14.2. The van der Waals surface area contributed by atoms with E-state index in [-0.39, 0.29) is 49.6 Å². The van der Waals surface area contributed by atoms with Crippen LogP contribution in [0.5, 0.6) is 5.75 Å². The van der Waals surface area contributed by atoms with Crippen LogP contribution in [-0.2, 0) is 17.7 Å². The molecule has 9 nitrogen and oxygen atoms in total. The molecule has 0 aliphatic carbocycles. The van der Waals surface area contributed by atoms with Crippen molar-refractivity contribution in [3.8, 4) is 5.75 Å². The average Bonchev–Trinajstić information content (AvgIpc) is 3.20. The minimum absolute atomic E-state index is 0.0451. The molecule has 0 spiro atoms. The van der Waals surface area contributed by atoms with Gasteiger partial charge in [0.2, 0.25) is 5.43 Å². The van der Waals surface area contributed by atoms with E-state index in [1.54, 1.807) is 18.0 Å². The first kappa shape index (κ1) is 23.4. The minimum Gasteiger partial charge on any atom is -0.502 e. The fourth-order valence-corrected chi connectivity index (χ4v) is 3.83. The average molecular weight is 474 g/mol. The number of benzene rings is 1. The standard InChI is InChI=1S/C23H24F2N4O5/c1-3-33-7-6-27-13-28(12-18-8-14(2)34-26-18)29-11-16(21(30)22(31)20(29)23(27)32)9-15-4-5-17(24)10-19(15)25/h4-5,8,10-11,31H,3,6-7,9,12-13H2,1-2H3. The zero-order valence-electron chi connectivity index (χ0n) is 18.8. The largest absolute Gasteiger partial charge is 0.502 e. The summed E-state index contributed by atoms with van der Waals surface area (Å²) < 4.78 is 39.4. The Bertz CT molecular complexity index is 1270. The molecule has 0 bridgehead atoms. The number of amides is 1. The van der Waals surface area contributed by atoms with Crippen molar-refractivity contribution in [3.63, 3.8) is 0 Å². The number of hydrogen-bond donors (Lipinski definition) is 1. The Morgan fingerprint density at radius 1 is 1.21 bits per heavy atom. The Balaban J connectivity index is 1.75. The maximum atomic E-state index is 14.2. The Kier molecular flexibility index (Phi) is 6.64. The number of hydrogen-bond acceptors (Lipinski definition) is 7. The van der Waals surface area contributed by atoms with Crippen LogP contribution < -0.4 is 10.4 Å². The van der Waals surface area contributed by atoms with E-state index in [9.17, 15) is 23.5 Å². The van der Waals surface area contributed by atoms with Gasteiger partial charge >= 0.3 is 0 Å². The van der Waals surface area contributed by atoms with E-state index in [0.717, 1.165) is 12.1 Å². The van der Waals surface area contributed by atoms with E-state index >= 15 is 0 Å². The predicted molar refractivity (Wildman–Crippen MR) is 117 cm³/mol. The van der Waals surface area contributed by atoms with Crippen molar-refractivity contribution in [3.05, 3.63) is 80.6 Å². The van der Waals surface area contributed by atoms with Crippen LogP contribution in [0.4, 0.5) is 8.78 Å². The number of aromatic nitrogens is 2. The van der Waals surface area contributed by atoms with Gasteiger partial charge in [0, 0.05) is 43.5 Å². The molecule has 34 heavy (non-hydrogen) atoms. The smallest absolute Gasteiger partial charge is 0.277 e. The number of nitrogens with zero attached hydrogens (tertiary/aromatic N) is 4. The third kappa shape index (κ3) is 4.65. The lowest BCUT2D eigenvalue weighted by atomic mass is 10.0. The molecular formula is C23H24F2N4O5. The Labute approximate surface area is 193 Å². The molecule has 1 amide bonds. The van der Waals surface area contributed by atoms with E-state index in [2.05, 4.69) is 5.16 Å². The summed E-state index contributed by atoms with van der Waals surface area (Å²) in [6.07, 6.45) is 1.20. The van der Waals surface area contributed by atoms with E-state index in [1.807, 2.05) is 6.92 Å². The van der Waals surface area contributed by atoms with Crippen molar-refractivity contribution in [2.75, 3.05) is 31.4 Å². The molecule has 4 rings (SSSR count). The van der Waals surface area contributed by atoms with Gasteiger partial charge in [-0.1, -0.05) is 11.2 Å². The third-order valence-electron chi connectivity index (χ3n) is 5.49. The molecule has 1 N–H and O–H groups in total. The summed E-state index contributed by atoms with van der Waals surface area (Å²) in [6, 6.07) is 4.79. The summed E-state index contributed by atoms with van der Waals surface area (Å²) in [4.78, 5) is 27.5. The summed E-state index contributed by atoms with van der Waals surface area (Å²) in [5.41, 5.74) is -0.309. The van der Waals surface area contributed by atoms with Gasteiger partial charge in [0.1, 0.15) is 29.8 Å². The maximum Gasteiger partial charge on any atom is 0.277 e. The van der Waals surface area contributed by atoms with Crippen LogP contribution in [0.15, 0.2) is 39.8 Å². The van der Waals surface area contributed by atoms with Crippen molar-refractivity contribution >= 4 is 5.91 Å². The molecule has 1 aliphatic heterocycles. The number of halogens is 2. The molecule has 3 aromatic rings. The van der Waals surface area contributed by atoms with Crippen LogP contribution in [0.3, 0.4) is 0 Å². The second kappa shape index (κ2) is 9.64. The van der Waals surface area contributed by atoms with Crippen LogP contribution in [0.1, 0.15) is 40.0 Å². The molecule has 1 aromatic carbocycles. The molecular weight excluding hydrogens is 450 g/mol. The molecule has 0 saturated carbocycles. The second-order valence-electron chi connectivity index (χ2n) is 7.94. The SMILES string of the molecule is CCOCCN1CN(Cc2cc(C)on2)n2cc(Cc3ccc(F)cc3F)c(=O)c(O)c2C1=O. The number of aromatic hydroxyl groups is 1. The van der Waals surface area contributed by atoms with Gasteiger partial charge in [-0.25, -0.2) is 8.78 Å². The van der Waals surface area contributed by atoms with Gasteiger partial charge < -0.3 is 19.3 Å². The summed E-state index contributed by atoms with van der Waals surface area (Å²) in [5.74, 6) is -2.23. The van der Waals surface area contributed by atoms with E-state index in [4.69, 9.17) is 9.26 Å². The lowest BCUT2D eigenvalue weighted by molar-refractivity contribution is 0.0582. The number of ether oxygens (including phenoxy) is 1. The second-order valence-corrected chi connectivity index (χ2v) is 7.94. The highest BCUT2D eigenvalue weighted by Crippen LogP contribution is 2.24. The number of carbonyl (C=O) groups is 1. The predicted octanol–water partition coefficient (Wildman–Crippen LogP) is 2.31. The number of carbonyl (C=O) groups excluding carboxylic acids is 1. The molecule has 0 radical (unpaired) electrons. The summed E-state index contributed by atoms with van der Waals surface area (Å²) >= 11 is 0. The summed E-state index contributed by atoms with van der Waals surface area (Å²) in [7, 11) is 0. The Morgan fingerprint density at radius 2 is 2.00 bits per heavy atom. The molecule has 1 aliphatic rings. The first-order chi connectivity index (χ1) is 16.3. The summed E-state index contributed by atoms with van der Waals surface area (Å²) in [5, 5.41) is 16.4. The van der Waals surface area contributed by atoms with Crippen molar-refractivity contribution in [1.82, 2.24) is 14.7 Å². The topological polar surface area (TPSA) is 101 Å². The van der Waals surface area contributed by atoms with Gasteiger partial charge in [0.05, 0.1) is 13.2 Å². The normalized spacial score (nSPS) is 13.5. The van der Waals surface area contributed by atoms with Gasteiger partial charge in [0.25, 0.3) is 5.91 Å². The Hall–Kier alpha value is -3.73. The van der Waals surface area contributed by atoms with Gasteiger partial charge in [-0.2, -0.15) is 0 Å². The van der Waals surface area contributed by atoms with Crippen molar-refractivity contribution < 1.29 is 27.9 Å². The van der Waals surface area contributed by atoms with E-state index in [1.165, 1.54) is 21.8 Å². The first-order valence-corrected chi connectivity index (χ1v) is 10.7. The number of fused-ring (bicyclic) bond motifs is 1. The van der Waals surface area contributed by atoms with Gasteiger partial charge in [-0.3, -0.25) is 19.3 Å². The van der Waals surface area contributed by atoms with Gasteiger partial charge in [-0.05, 0) is 25.5 Å². The van der Waals surface area contributed by atoms with Crippen LogP contribution in [0, 0.1) is 18.6 Å². The minimum atomic E-state index is -0.810. The highest BCUT2D eigenvalue weighted by Gasteiger charge is 2.33. The molecule has 180 valence electrons. The summed E-state index contributed by atoms with van der Waals surface area (Å²) in [6.45, 7) is 4.92. The van der Waals surface area contributed by atoms with E-state index in [0.29, 0.717) is 18.1 Å². The quantitative estimate of drug-likeness (QED) is 0.500. The molecule has 2 aromatic heterocycles. The highest BCUT2D eigenvalue weighted by atomic mass is 19.1. The molecule has 0 saturated heterocycles. The molecule has 0 fully saturated rings. The fraction of sp³-hybridized carbons (Fsp3) is 0.348. The number of aryl methyl sites for hydroxylation is 1.